The summed E-state index contributed by atoms with van der Waals surface area (Å²) in [5, 5.41) is 2.58. The highest BCUT2D eigenvalue weighted by Crippen LogP contribution is 2.18. The van der Waals surface area contributed by atoms with Crippen molar-refractivity contribution in [1.82, 2.24) is 0 Å². The van der Waals surface area contributed by atoms with Gasteiger partial charge in [-0.15, -0.1) is 0 Å². The minimum atomic E-state index is 1.15. The fraction of sp³-hybridized carbons (Fsp3) is 0.231. The second-order valence-electron chi connectivity index (χ2n) is 3.30. The molecule has 2 rings (SSSR count). The number of aryl methyl sites for hydroxylation is 1. The van der Waals surface area contributed by atoms with Crippen molar-refractivity contribution in [3.63, 3.8) is 0 Å². The van der Waals surface area contributed by atoms with Gasteiger partial charge in [-0.2, -0.15) is 0 Å². The van der Waals surface area contributed by atoms with Crippen LogP contribution in [0.1, 0.15) is 18.9 Å². The highest BCUT2D eigenvalue weighted by Gasteiger charge is 1.97. The van der Waals surface area contributed by atoms with Crippen LogP contribution in [0.4, 0.5) is 0 Å². The summed E-state index contributed by atoms with van der Waals surface area (Å²) in [5.41, 5.74) is 1.42. The summed E-state index contributed by atoms with van der Waals surface area (Å²) in [4.78, 5) is 0. The average molecular weight is 169 g/mol. The van der Waals surface area contributed by atoms with E-state index < -0.39 is 0 Å². The Morgan fingerprint density at radius 1 is 1.15 bits per heavy atom. The molecule has 0 nitrogen and oxygen atoms in total. The Bertz CT molecular complexity index is 396. The van der Waals surface area contributed by atoms with Crippen LogP contribution < -0.4 is 0 Å². The summed E-state index contributed by atoms with van der Waals surface area (Å²) in [6, 6.07) is 15.9. The molecular formula is C13H13. The second kappa shape index (κ2) is 3.61. The number of benzene rings is 2. The lowest BCUT2D eigenvalue weighted by Crippen LogP contribution is -1.84. The lowest BCUT2D eigenvalue weighted by molar-refractivity contribution is 0.929. The average Bonchev–Trinajstić information content (AvgIpc) is 2.19. The molecule has 0 amide bonds. The molecule has 13 heavy (non-hydrogen) atoms. The minimum Gasteiger partial charge on any atom is -0.0651 e. The largest absolute Gasteiger partial charge is 0.0651 e. The van der Waals surface area contributed by atoms with Gasteiger partial charge < -0.3 is 0 Å². The molecule has 2 aromatic rings. The molecule has 0 N–H and O–H groups in total. The molecule has 0 bridgehead atoms. The SMILES string of the molecule is CCCc1cccc2ccc[c]c12. The fourth-order valence-corrected chi connectivity index (χ4v) is 1.70. The molecule has 0 atom stereocenters. The van der Waals surface area contributed by atoms with Crippen molar-refractivity contribution >= 4 is 10.8 Å². The number of hydrogen-bond acceptors (Lipinski definition) is 0. The lowest BCUT2D eigenvalue weighted by Gasteiger charge is -2.03. The van der Waals surface area contributed by atoms with Gasteiger partial charge in [0, 0.05) is 0 Å². The molecule has 1 radical (unpaired) electrons. The molecule has 0 heteroatoms. The Hall–Kier alpha value is -1.30. The van der Waals surface area contributed by atoms with Crippen molar-refractivity contribution in [2.24, 2.45) is 0 Å². The van der Waals surface area contributed by atoms with E-state index in [2.05, 4.69) is 37.3 Å². The van der Waals surface area contributed by atoms with E-state index in [4.69, 9.17) is 0 Å². The monoisotopic (exact) mass is 169 g/mol. The molecule has 65 valence electrons. The van der Waals surface area contributed by atoms with Crippen molar-refractivity contribution in [3.05, 3.63) is 48.0 Å². The van der Waals surface area contributed by atoms with Crippen LogP contribution in [0, 0.1) is 6.07 Å². The molecule has 0 aliphatic heterocycles. The van der Waals surface area contributed by atoms with Gasteiger partial charge in [-0.1, -0.05) is 49.7 Å². The van der Waals surface area contributed by atoms with E-state index >= 15 is 0 Å². The van der Waals surface area contributed by atoms with E-state index in [1.165, 1.54) is 22.8 Å². The van der Waals surface area contributed by atoms with Gasteiger partial charge in [-0.25, -0.2) is 0 Å². The van der Waals surface area contributed by atoms with Gasteiger partial charge in [0.2, 0.25) is 0 Å². The van der Waals surface area contributed by atoms with Crippen LogP contribution in [0.25, 0.3) is 10.8 Å². The molecule has 2 aromatic carbocycles. The van der Waals surface area contributed by atoms with E-state index in [-0.39, 0.29) is 0 Å². The maximum absolute atomic E-state index is 3.30. The third-order valence-electron chi connectivity index (χ3n) is 2.30. The first-order valence-corrected chi connectivity index (χ1v) is 4.80. The van der Waals surface area contributed by atoms with Gasteiger partial charge in [0.1, 0.15) is 0 Å². The summed E-state index contributed by atoms with van der Waals surface area (Å²) in [7, 11) is 0. The molecule has 0 spiro atoms. The fourth-order valence-electron chi connectivity index (χ4n) is 1.70. The van der Waals surface area contributed by atoms with Crippen molar-refractivity contribution in [2.45, 2.75) is 19.8 Å². The maximum Gasteiger partial charge on any atom is -0.00731 e. The molecule has 0 saturated carbocycles. The summed E-state index contributed by atoms with van der Waals surface area (Å²) < 4.78 is 0. The van der Waals surface area contributed by atoms with Crippen LogP contribution in [-0.4, -0.2) is 0 Å². The highest BCUT2D eigenvalue weighted by molar-refractivity contribution is 5.85. The van der Waals surface area contributed by atoms with Crippen LogP contribution in [0.5, 0.6) is 0 Å². The predicted octanol–water partition coefficient (Wildman–Crippen LogP) is 3.59. The number of rotatable bonds is 2. The topological polar surface area (TPSA) is 0 Å². The molecule has 0 heterocycles. The standard InChI is InChI=1S/C13H13/c1-2-6-11-8-5-9-12-7-3-4-10-13(11)12/h3-5,7-9H,2,6H2,1H3. The van der Waals surface area contributed by atoms with E-state index in [1.54, 1.807) is 0 Å². The van der Waals surface area contributed by atoms with Crippen molar-refractivity contribution in [2.75, 3.05) is 0 Å². The molecule has 0 unspecified atom stereocenters. The normalized spacial score (nSPS) is 10.5. The van der Waals surface area contributed by atoms with Crippen LogP contribution >= 0.6 is 0 Å². The van der Waals surface area contributed by atoms with Crippen molar-refractivity contribution in [1.29, 1.82) is 0 Å². The van der Waals surface area contributed by atoms with Gasteiger partial charge in [0.05, 0.1) is 0 Å². The van der Waals surface area contributed by atoms with Gasteiger partial charge in [0.15, 0.2) is 0 Å². The van der Waals surface area contributed by atoms with Crippen molar-refractivity contribution < 1.29 is 0 Å². The summed E-state index contributed by atoms with van der Waals surface area (Å²) >= 11 is 0. The molecule has 0 aliphatic carbocycles. The van der Waals surface area contributed by atoms with Gasteiger partial charge in [-0.05, 0) is 28.8 Å². The molecule has 0 aliphatic rings. The van der Waals surface area contributed by atoms with Gasteiger partial charge >= 0.3 is 0 Å². The van der Waals surface area contributed by atoms with Gasteiger partial charge in [-0.3, -0.25) is 0 Å². The second-order valence-corrected chi connectivity index (χ2v) is 3.30. The Labute approximate surface area is 79.2 Å². The zero-order valence-corrected chi connectivity index (χ0v) is 7.88. The van der Waals surface area contributed by atoms with E-state index in [0.717, 1.165) is 6.42 Å². The highest BCUT2D eigenvalue weighted by atomic mass is 14.0. The Morgan fingerprint density at radius 3 is 2.85 bits per heavy atom. The quantitative estimate of drug-likeness (QED) is 0.644. The molecule has 0 fully saturated rings. The first kappa shape index (κ1) is 8.31. The Balaban J connectivity index is 2.61. The molecular weight excluding hydrogens is 156 g/mol. The third-order valence-corrected chi connectivity index (χ3v) is 2.30. The predicted molar refractivity (Wildman–Crippen MR) is 56.8 cm³/mol. The van der Waals surface area contributed by atoms with Crippen LogP contribution in [0.2, 0.25) is 0 Å². The number of fused-ring (bicyclic) bond motifs is 1. The van der Waals surface area contributed by atoms with Crippen LogP contribution in [0.15, 0.2) is 36.4 Å². The Kier molecular flexibility index (Phi) is 2.31. The zero-order valence-electron chi connectivity index (χ0n) is 7.88. The first-order chi connectivity index (χ1) is 6.42. The van der Waals surface area contributed by atoms with E-state index in [1.807, 2.05) is 12.1 Å². The first-order valence-electron chi connectivity index (χ1n) is 4.80. The van der Waals surface area contributed by atoms with E-state index in [0.29, 0.717) is 0 Å². The molecule has 0 saturated heterocycles. The zero-order chi connectivity index (χ0) is 9.10. The van der Waals surface area contributed by atoms with Crippen LogP contribution in [0.3, 0.4) is 0 Å². The van der Waals surface area contributed by atoms with E-state index in [9.17, 15) is 0 Å². The van der Waals surface area contributed by atoms with Gasteiger partial charge in [0.25, 0.3) is 0 Å². The number of hydrogen-bond donors (Lipinski definition) is 0. The summed E-state index contributed by atoms with van der Waals surface area (Å²) in [5.74, 6) is 0. The summed E-state index contributed by atoms with van der Waals surface area (Å²) in [6.07, 6.45) is 2.35. The maximum atomic E-state index is 3.30. The smallest absolute Gasteiger partial charge is 0.00731 e. The van der Waals surface area contributed by atoms with Crippen LogP contribution in [-0.2, 0) is 6.42 Å². The summed E-state index contributed by atoms with van der Waals surface area (Å²) in [6.45, 7) is 2.21. The molecule has 0 aromatic heterocycles. The lowest BCUT2D eigenvalue weighted by atomic mass is 10.0. The third kappa shape index (κ3) is 1.57. The Morgan fingerprint density at radius 2 is 2.00 bits per heavy atom. The minimum absolute atomic E-state index is 1.15. The van der Waals surface area contributed by atoms with Crippen molar-refractivity contribution in [3.8, 4) is 0 Å².